The highest BCUT2D eigenvalue weighted by Gasteiger charge is 2.25. The van der Waals surface area contributed by atoms with Gasteiger partial charge < -0.3 is 9.84 Å². The first-order valence-electron chi connectivity index (χ1n) is 5.86. The molecule has 1 aliphatic rings. The average Bonchev–Trinajstić information content (AvgIpc) is 2.33. The normalized spacial score (nSPS) is 16.1. The van der Waals surface area contributed by atoms with Gasteiger partial charge in [0.15, 0.2) is 0 Å². The molecule has 1 aliphatic heterocycles. The third-order valence-electron chi connectivity index (χ3n) is 2.86. The molecule has 0 aliphatic carbocycles. The molecule has 0 unspecified atom stereocenters. The second-order valence-corrected chi connectivity index (χ2v) is 8.02. The van der Waals surface area contributed by atoms with Crippen molar-refractivity contribution < 1.29 is 23.1 Å². The lowest BCUT2D eigenvalue weighted by molar-refractivity contribution is 0.0454. The predicted molar refractivity (Wildman–Crippen MR) is 74.7 cm³/mol. The fraction of sp³-hybridized carbons (Fsp3) is 0.417. The number of thioether (sulfide) groups is 1. The van der Waals surface area contributed by atoms with E-state index >= 15 is 0 Å². The van der Waals surface area contributed by atoms with Crippen molar-refractivity contribution in [3.05, 3.63) is 23.8 Å². The van der Waals surface area contributed by atoms with E-state index in [0.717, 1.165) is 4.31 Å². The minimum absolute atomic E-state index is 0.00447. The highest BCUT2D eigenvalue weighted by molar-refractivity contribution is 8.00. The molecule has 2 rings (SSSR count). The summed E-state index contributed by atoms with van der Waals surface area (Å²) in [7, 11) is -0.820. The standard InChI is InChI=1S/C12H15NO5S2/c1-13(2)20(16,17)9-3-4-11(10(5-9)12(14)15)19-8-6-18-7-8/h3-5,8H,6-7H2,1-2H3,(H,14,15). The number of carboxylic acid groups (broad SMARTS) is 1. The first kappa shape index (κ1) is 15.3. The minimum atomic E-state index is -3.63. The molecule has 0 aromatic heterocycles. The number of sulfonamides is 1. The fourth-order valence-corrected chi connectivity index (χ4v) is 3.65. The van der Waals surface area contributed by atoms with Crippen LogP contribution in [0.4, 0.5) is 0 Å². The van der Waals surface area contributed by atoms with Crippen molar-refractivity contribution >= 4 is 27.8 Å². The molecular formula is C12H15NO5S2. The Kier molecular flexibility index (Phi) is 4.38. The van der Waals surface area contributed by atoms with Gasteiger partial charge in [-0.25, -0.2) is 17.5 Å². The Morgan fingerprint density at radius 1 is 1.40 bits per heavy atom. The maximum Gasteiger partial charge on any atom is 0.336 e. The Bertz CT molecular complexity index is 623. The number of hydrogen-bond donors (Lipinski definition) is 1. The van der Waals surface area contributed by atoms with Crippen LogP contribution in [0.3, 0.4) is 0 Å². The quantitative estimate of drug-likeness (QED) is 0.876. The Morgan fingerprint density at radius 3 is 2.50 bits per heavy atom. The lowest BCUT2D eigenvalue weighted by atomic mass is 10.2. The number of carboxylic acids is 1. The van der Waals surface area contributed by atoms with Gasteiger partial charge in [-0.05, 0) is 18.2 Å². The molecule has 0 spiro atoms. The summed E-state index contributed by atoms with van der Waals surface area (Å²) in [6.07, 6.45) is 0. The van der Waals surface area contributed by atoms with Crippen LogP contribution >= 0.6 is 11.8 Å². The lowest BCUT2D eigenvalue weighted by Gasteiger charge is -2.25. The molecule has 1 saturated heterocycles. The van der Waals surface area contributed by atoms with Crippen LogP contribution in [0.5, 0.6) is 0 Å². The topological polar surface area (TPSA) is 83.9 Å². The summed E-state index contributed by atoms with van der Waals surface area (Å²) in [6.45, 7) is 1.17. The molecule has 1 aromatic rings. The van der Waals surface area contributed by atoms with Crippen LogP contribution in [0.2, 0.25) is 0 Å². The van der Waals surface area contributed by atoms with Crippen molar-refractivity contribution in [1.82, 2.24) is 4.31 Å². The zero-order valence-electron chi connectivity index (χ0n) is 11.1. The number of nitrogens with zero attached hydrogens (tertiary/aromatic N) is 1. The molecule has 0 atom stereocenters. The van der Waals surface area contributed by atoms with Gasteiger partial charge in [0.05, 0.1) is 28.9 Å². The molecule has 20 heavy (non-hydrogen) atoms. The van der Waals surface area contributed by atoms with Crippen LogP contribution in [0.1, 0.15) is 10.4 Å². The molecular weight excluding hydrogens is 302 g/mol. The molecule has 110 valence electrons. The predicted octanol–water partition coefficient (Wildman–Crippen LogP) is 1.13. The van der Waals surface area contributed by atoms with Crippen LogP contribution < -0.4 is 0 Å². The summed E-state index contributed by atoms with van der Waals surface area (Å²) in [5, 5.41) is 9.47. The third-order valence-corrected chi connectivity index (χ3v) is 5.89. The van der Waals surface area contributed by atoms with Crippen molar-refractivity contribution in [3.63, 3.8) is 0 Å². The summed E-state index contributed by atoms with van der Waals surface area (Å²) in [5.41, 5.74) is 0.00447. The van der Waals surface area contributed by atoms with Gasteiger partial charge in [0, 0.05) is 19.0 Å². The molecule has 0 saturated carbocycles. The van der Waals surface area contributed by atoms with Gasteiger partial charge >= 0.3 is 5.97 Å². The summed E-state index contributed by atoms with van der Waals surface area (Å²) < 4.78 is 30.1. The second kappa shape index (κ2) is 5.72. The maximum absolute atomic E-state index is 12.0. The van der Waals surface area contributed by atoms with Crippen molar-refractivity contribution in [2.45, 2.75) is 15.0 Å². The van der Waals surface area contributed by atoms with Crippen LogP contribution in [0.25, 0.3) is 0 Å². The van der Waals surface area contributed by atoms with Crippen molar-refractivity contribution in [2.24, 2.45) is 0 Å². The summed E-state index contributed by atoms with van der Waals surface area (Å²) in [6, 6.07) is 4.19. The number of ether oxygens (including phenoxy) is 1. The van der Waals surface area contributed by atoms with Crippen LogP contribution in [0.15, 0.2) is 28.0 Å². The van der Waals surface area contributed by atoms with Gasteiger partial charge in [-0.1, -0.05) is 0 Å². The van der Waals surface area contributed by atoms with E-state index in [-0.39, 0.29) is 15.7 Å². The smallest absolute Gasteiger partial charge is 0.336 e. The van der Waals surface area contributed by atoms with Crippen LogP contribution in [-0.4, -0.2) is 56.4 Å². The highest BCUT2D eigenvalue weighted by Crippen LogP contribution is 2.32. The van der Waals surface area contributed by atoms with Gasteiger partial charge in [-0.3, -0.25) is 0 Å². The van der Waals surface area contributed by atoms with Crippen LogP contribution in [-0.2, 0) is 14.8 Å². The number of carbonyl (C=O) groups is 1. The fourth-order valence-electron chi connectivity index (χ4n) is 1.61. The van der Waals surface area contributed by atoms with Crippen molar-refractivity contribution in [1.29, 1.82) is 0 Å². The molecule has 0 bridgehead atoms. The van der Waals surface area contributed by atoms with Gasteiger partial charge in [-0.2, -0.15) is 0 Å². The zero-order chi connectivity index (χ0) is 14.9. The molecule has 0 radical (unpaired) electrons. The van der Waals surface area contributed by atoms with E-state index < -0.39 is 16.0 Å². The van der Waals surface area contributed by atoms with Crippen molar-refractivity contribution in [3.8, 4) is 0 Å². The lowest BCUT2D eigenvalue weighted by Crippen LogP contribution is -2.30. The molecule has 1 fully saturated rings. The van der Waals surface area contributed by atoms with Crippen LogP contribution in [0, 0.1) is 0 Å². The average molecular weight is 317 g/mol. The molecule has 1 heterocycles. The Hall–Kier alpha value is -1.09. The first-order valence-corrected chi connectivity index (χ1v) is 8.18. The minimum Gasteiger partial charge on any atom is -0.478 e. The largest absolute Gasteiger partial charge is 0.478 e. The number of aromatic carboxylic acids is 1. The summed E-state index contributed by atoms with van der Waals surface area (Å²) in [5.74, 6) is -1.14. The van der Waals surface area contributed by atoms with Crippen molar-refractivity contribution in [2.75, 3.05) is 27.3 Å². The summed E-state index contributed by atoms with van der Waals surface area (Å²) >= 11 is 1.40. The maximum atomic E-state index is 12.0. The molecule has 6 nitrogen and oxygen atoms in total. The zero-order valence-corrected chi connectivity index (χ0v) is 12.7. The van der Waals surface area contributed by atoms with Gasteiger partial charge in [-0.15, -0.1) is 11.8 Å². The van der Waals surface area contributed by atoms with Gasteiger partial charge in [0.25, 0.3) is 0 Å². The van der Waals surface area contributed by atoms with E-state index in [1.54, 1.807) is 6.07 Å². The number of benzene rings is 1. The Balaban J connectivity index is 2.39. The summed E-state index contributed by atoms with van der Waals surface area (Å²) in [4.78, 5) is 11.8. The number of hydrogen-bond acceptors (Lipinski definition) is 5. The number of rotatable bonds is 5. The first-order chi connectivity index (χ1) is 9.32. The Labute approximate surface area is 121 Å². The van der Waals surface area contributed by atoms with E-state index in [1.165, 1.54) is 38.0 Å². The molecule has 1 aromatic carbocycles. The highest BCUT2D eigenvalue weighted by atomic mass is 32.2. The SMILES string of the molecule is CN(C)S(=O)(=O)c1ccc(SC2COC2)c(C(=O)O)c1. The van der Waals surface area contributed by atoms with E-state index in [0.29, 0.717) is 18.1 Å². The second-order valence-electron chi connectivity index (χ2n) is 4.53. The molecule has 0 amide bonds. The Morgan fingerprint density at radius 2 is 2.05 bits per heavy atom. The van der Waals surface area contributed by atoms with E-state index in [9.17, 15) is 18.3 Å². The monoisotopic (exact) mass is 317 g/mol. The molecule has 8 heteroatoms. The molecule has 1 N–H and O–H groups in total. The van der Waals surface area contributed by atoms with E-state index in [1.807, 2.05) is 0 Å². The van der Waals surface area contributed by atoms with Gasteiger partial charge in [0.1, 0.15) is 0 Å². The van der Waals surface area contributed by atoms with E-state index in [2.05, 4.69) is 0 Å². The van der Waals surface area contributed by atoms with Gasteiger partial charge in [0.2, 0.25) is 10.0 Å². The van der Waals surface area contributed by atoms with E-state index in [4.69, 9.17) is 4.74 Å². The third kappa shape index (κ3) is 2.98.